The summed E-state index contributed by atoms with van der Waals surface area (Å²) in [7, 11) is -4.23. The van der Waals surface area contributed by atoms with Crippen LogP contribution in [0.15, 0.2) is 52.2 Å². The zero-order chi connectivity index (χ0) is 23.6. The normalized spacial score (nSPS) is 16.4. The highest BCUT2D eigenvalue weighted by Crippen LogP contribution is 2.33. The fraction of sp³-hybridized carbons (Fsp3) is 0.190. The third kappa shape index (κ3) is 5.47. The Bertz CT molecular complexity index is 1300. The highest BCUT2D eigenvalue weighted by Gasteiger charge is 2.25. The highest BCUT2D eigenvalue weighted by atomic mass is 35.5. The molecule has 6 nitrogen and oxygen atoms in total. The van der Waals surface area contributed by atoms with Crippen LogP contribution in [0.3, 0.4) is 0 Å². The van der Waals surface area contributed by atoms with Crippen molar-refractivity contribution in [1.29, 1.82) is 0 Å². The minimum absolute atomic E-state index is 0.0151. The van der Waals surface area contributed by atoms with E-state index in [1.165, 1.54) is 34.4 Å². The number of anilines is 1. The van der Waals surface area contributed by atoms with Gasteiger partial charge in [0.25, 0.3) is 10.0 Å². The molecule has 4 rings (SSSR count). The maximum Gasteiger partial charge on any atom is 0.266 e. The quantitative estimate of drug-likeness (QED) is 0.429. The third-order valence-electron chi connectivity index (χ3n) is 4.87. The largest absolute Gasteiger partial charge is 0.490 e. The van der Waals surface area contributed by atoms with E-state index in [4.69, 9.17) is 27.9 Å². The monoisotopic (exact) mass is 531 g/mol. The first-order chi connectivity index (χ1) is 15.7. The van der Waals surface area contributed by atoms with Crippen molar-refractivity contribution in [2.45, 2.75) is 17.4 Å². The number of nitrogens with zero attached hydrogens (tertiary/aromatic N) is 1. The van der Waals surface area contributed by atoms with Gasteiger partial charge in [-0.15, -0.1) is 11.3 Å². The first-order valence-corrected chi connectivity index (χ1v) is 12.8. The molecule has 2 N–H and O–H groups in total. The molecule has 33 heavy (non-hydrogen) atoms. The van der Waals surface area contributed by atoms with E-state index in [0.717, 1.165) is 24.1 Å². The van der Waals surface area contributed by atoms with Gasteiger partial charge in [-0.2, -0.15) is 0 Å². The van der Waals surface area contributed by atoms with E-state index in [2.05, 4.69) is 15.0 Å². The Labute approximate surface area is 203 Å². The number of hydrogen-bond acceptors (Lipinski definition) is 6. The molecule has 12 heteroatoms. The zero-order valence-electron chi connectivity index (χ0n) is 16.8. The molecular weight excluding hydrogens is 515 g/mol. The first-order valence-electron chi connectivity index (χ1n) is 9.66. The molecule has 2 aromatic carbocycles. The van der Waals surface area contributed by atoms with Crippen molar-refractivity contribution < 1.29 is 21.9 Å². The fourth-order valence-electron chi connectivity index (χ4n) is 3.36. The Balaban J connectivity index is 1.53. The second kappa shape index (κ2) is 9.94. The summed E-state index contributed by atoms with van der Waals surface area (Å²) in [5, 5.41) is 4.95. The minimum Gasteiger partial charge on any atom is -0.490 e. The zero-order valence-corrected chi connectivity index (χ0v) is 20.0. The van der Waals surface area contributed by atoms with Gasteiger partial charge in [-0.1, -0.05) is 35.3 Å². The van der Waals surface area contributed by atoms with Crippen molar-refractivity contribution >= 4 is 56.0 Å². The number of sulfonamides is 1. The molecule has 0 radical (unpaired) electrons. The van der Waals surface area contributed by atoms with Crippen LogP contribution in [-0.2, 0) is 10.0 Å². The van der Waals surface area contributed by atoms with Crippen LogP contribution in [0.1, 0.15) is 12.0 Å². The number of nitrogens with one attached hydrogen (secondary N) is 2. The molecule has 0 spiro atoms. The lowest BCUT2D eigenvalue weighted by atomic mass is 9.95. The van der Waals surface area contributed by atoms with E-state index < -0.39 is 26.6 Å². The molecule has 1 unspecified atom stereocenters. The minimum atomic E-state index is -4.23. The lowest BCUT2D eigenvalue weighted by Gasteiger charge is -2.27. The molecule has 0 saturated heterocycles. The van der Waals surface area contributed by atoms with Gasteiger partial charge in [0.2, 0.25) is 0 Å². The topological polar surface area (TPSA) is 80.3 Å². The van der Waals surface area contributed by atoms with Crippen LogP contribution in [0.2, 0.25) is 10.0 Å². The van der Waals surface area contributed by atoms with Gasteiger partial charge < -0.3 is 10.1 Å². The molecule has 0 aliphatic carbocycles. The molecule has 0 bridgehead atoms. The summed E-state index contributed by atoms with van der Waals surface area (Å²) >= 11 is 13.6. The summed E-state index contributed by atoms with van der Waals surface area (Å²) in [5.74, 6) is -1.40. The molecule has 2 heterocycles. The van der Waals surface area contributed by atoms with Crippen LogP contribution in [0, 0.1) is 11.6 Å². The van der Waals surface area contributed by atoms with Crippen molar-refractivity contribution in [3.05, 3.63) is 74.5 Å². The van der Waals surface area contributed by atoms with Gasteiger partial charge in [-0.25, -0.2) is 22.2 Å². The molecule has 0 saturated carbocycles. The summed E-state index contributed by atoms with van der Waals surface area (Å²) < 4.78 is 61.1. The number of benzene rings is 2. The van der Waals surface area contributed by atoms with E-state index in [0.29, 0.717) is 12.1 Å². The van der Waals surface area contributed by atoms with Crippen LogP contribution >= 0.6 is 34.5 Å². The highest BCUT2D eigenvalue weighted by molar-refractivity contribution is 7.92. The van der Waals surface area contributed by atoms with Crippen molar-refractivity contribution in [3.8, 4) is 5.75 Å². The van der Waals surface area contributed by atoms with E-state index in [-0.39, 0.29) is 34.3 Å². The van der Waals surface area contributed by atoms with Crippen LogP contribution in [-0.4, -0.2) is 32.6 Å². The molecule has 1 aliphatic heterocycles. The van der Waals surface area contributed by atoms with E-state index in [9.17, 15) is 17.2 Å². The molecule has 3 aromatic rings. The lowest BCUT2D eigenvalue weighted by molar-refractivity contribution is 0.287. The van der Waals surface area contributed by atoms with Gasteiger partial charge in [0.05, 0.1) is 21.6 Å². The van der Waals surface area contributed by atoms with Crippen LogP contribution in [0.25, 0.3) is 5.57 Å². The van der Waals surface area contributed by atoms with E-state index in [1.807, 2.05) is 6.08 Å². The van der Waals surface area contributed by atoms with Crippen LogP contribution in [0.4, 0.5) is 14.6 Å². The van der Waals surface area contributed by atoms with Crippen molar-refractivity contribution in [2.24, 2.45) is 0 Å². The van der Waals surface area contributed by atoms with Crippen molar-refractivity contribution in [1.82, 2.24) is 10.3 Å². The molecule has 0 fully saturated rings. The predicted octanol–water partition coefficient (Wildman–Crippen LogP) is 5.35. The van der Waals surface area contributed by atoms with Gasteiger partial charge in [0.15, 0.2) is 5.82 Å². The van der Waals surface area contributed by atoms with Gasteiger partial charge in [0, 0.05) is 11.4 Å². The molecular formula is C21H17Cl2F2N3O3S2. The summed E-state index contributed by atoms with van der Waals surface area (Å²) in [6, 6.07) is 5.73. The second-order valence-electron chi connectivity index (χ2n) is 7.08. The number of rotatable bonds is 7. The first kappa shape index (κ1) is 23.9. The second-order valence-corrected chi connectivity index (χ2v) is 10.3. The maximum absolute atomic E-state index is 14.7. The summed E-state index contributed by atoms with van der Waals surface area (Å²) in [6.45, 7) is 0.736. The third-order valence-corrected chi connectivity index (χ3v) is 7.43. The molecule has 0 amide bonds. The van der Waals surface area contributed by atoms with Crippen LogP contribution < -0.4 is 14.8 Å². The summed E-state index contributed by atoms with van der Waals surface area (Å²) in [4.78, 5) is 3.20. The lowest BCUT2D eigenvalue weighted by Crippen LogP contribution is -2.39. The number of aromatic nitrogens is 1. The Morgan fingerprint density at radius 1 is 1.21 bits per heavy atom. The SMILES string of the molecule is O=S(=O)(Nc1cscn1)c1cc(Cl)c(OCC2NCCC=C2c2ccc(F)cc2Cl)cc1F. The number of halogens is 4. The maximum atomic E-state index is 14.7. The molecule has 174 valence electrons. The van der Waals surface area contributed by atoms with Gasteiger partial charge in [0.1, 0.15) is 28.9 Å². The predicted molar refractivity (Wildman–Crippen MR) is 126 cm³/mol. The Morgan fingerprint density at radius 3 is 2.76 bits per heavy atom. The smallest absolute Gasteiger partial charge is 0.266 e. The fourth-order valence-corrected chi connectivity index (χ4v) is 5.57. The van der Waals surface area contributed by atoms with Crippen molar-refractivity contribution in [3.63, 3.8) is 0 Å². The standard InChI is InChI=1S/C21H17Cl2F2N3O3S2/c22-15-6-12(24)3-4-13(15)14-2-1-5-26-18(14)9-31-19-8-17(25)20(7-16(19)23)33(29,30)28-21-10-32-11-27-21/h2-4,6-8,10-11,18,26,28H,1,5,9H2. The molecule has 1 aromatic heterocycles. The summed E-state index contributed by atoms with van der Waals surface area (Å²) in [6.07, 6.45) is 2.72. The average molecular weight is 532 g/mol. The number of ether oxygens (including phenoxy) is 1. The van der Waals surface area contributed by atoms with Crippen molar-refractivity contribution in [2.75, 3.05) is 17.9 Å². The molecule has 1 atom stereocenters. The Hall–Kier alpha value is -2.24. The number of hydrogen-bond donors (Lipinski definition) is 2. The summed E-state index contributed by atoms with van der Waals surface area (Å²) in [5.41, 5.74) is 2.92. The Morgan fingerprint density at radius 2 is 2.03 bits per heavy atom. The van der Waals surface area contributed by atoms with Gasteiger partial charge >= 0.3 is 0 Å². The number of thiazole rings is 1. The van der Waals surface area contributed by atoms with E-state index in [1.54, 1.807) is 6.07 Å². The van der Waals surface area contributed by atoms with Gasteiger partial charge in [-0.05, 0) is 42.3 Å². The van der Waals surface area contributed by atoms with E-state index >= 15 is 0 Å². The van der Waals surface area contributed by atoms with Crippen LogP contribution in [0.5, 0.6) is 5.75 Å². The Kier molecular flexibility index (Phi) is 7.20. The van der Waals surface area contributed by atoms with Gasteiger partial charge in [-0.3, -0.25) is 4.72 Å². The average Bonchev–Trinajstić information content (AvgIpc) is 3.26. The molecule has 1 aliphatic rings.